The zero-order valence-corrected chi connectivity index (χ0v) is 19.5. The molecule has 0 saturated heterocycles. The molecule has 3 aromatic carbocycles. The second kappa shape index (κ2) is 10.5. The van der Waals surface area contributed by atoms with Gasteiger partial charge < -0.3 is 15.0 Å². The van der Waals surface area contributed by atoms with E-state index in [1.807, 2.05) is 30.3 Å². The van der Waals surface area contributed by atoms with Gasteiger partial charge in [0.1, 0.15) is 5.75 Å². The molecule has 1 N–H and O–H groups in total. The summed E-state index contributed by atoms with van der Waals surface area (Å²) in [6, 6.07) is 21.7. The zero-order valence-electron chi connectivity index (χ0n) is 17.1. The number of nitrogens with zero attached hydrogens (tertiary/aromatic N) is 1. The molecule has 3 aromatic rings. The number of rotatable bonds is 7. The fraction of sp³-hybridized carbons (Fsp3) is 0.167. The van der Waals surface area contributed by atoms with Gasteiger partial charge in [-0.1, -0.05) is 48.0 Å². The predicted molar refractivity (Wildman–Crippen MR) is 127 cm³/mol. The first kappa shape index (κ1) is 22.8. The van der Waals surface area contributed by atoms with Crippen LogP contribution in [0, 0.1) is 0 Å². The Hall–Kier alpha value is -2.83. The van der Waals surface area contributed by atoms with Crippen molar-refractivity contribution >= 4 is 45.0 Å². The molecular formula is C24H22BrClN2O3. The summed E-state index contributed by atoms with van der Waals surface area (Å²) in [5.74, 6) is 0.0527. The molecule has 7 heteroatoms. The Bertz CT molecular complexity index is 1080. The molecule has 0 aliphatic carbocycles. The Morgan fingerprint density at radius 1 is 1.06 bits per heavy atom. The SMILES string of the molecule is CC(Oc1ccc(Cl)cc1Br)C(=O)Nc1cccc(C(=O)N(C)Cc2ccccc2)c1. The van der Waals surface area contributed by atoms with E-state index < -0.39 is 6.10 Å². The number of hydrogen-bond acceptors (Lipinski definition) is 3. The third-order valence-corrected chi connectivity index (χ3v) is 5.41. The fourth-order valence-electron chi connectivity index (χ4n) is 2.94. The third kappa shape index (κ3) is 6.32. The van der Waals surface area contributed by atoms with Crippen LogP contribution < -0.4 is 10.1 Å². The van der Waals surface area contributed by atoms with E-state index >= 15 is 0 Å². The van der Waals surface area contributed by atoms with Gasteiger partial charge in [-0.3, -0.25) is 9.59 Å². The van der Waals surface area contributed by atoms with E-state index in [1.54, 1.807) is 61.3 Å². The van der Waals surface area contributed by atoms with E-state index in [-0.39, 0.29) is 11.8 Å². The number of ether oxygens (including phenoxy) is 1. The van der Waals surface area contributed by atoms with Crippen molar-refractivity contribution in [3.8, 4) is 5.75 Å². The van der Waals surface area contributed by atoms with Crippen LogP contribution in [-0.4, -0.2) is 29.9 Å². The second-order valence-corrected chi connectivity index (χ2v) is 8.34. The highest BCUT2D eigenvalue weighted by molar-refractivity contribution is 9.10. The summed E-state index contributed by atoms with van der Waals surface area (Å²) in [6.07, 6.45) is -0.752. The second-order valence-electron chi connectivity index (χ2n) is 7.05. The summed E-state index contributed by atoms with van der Waals surface area (Å²) in [5, 5.41) is 3.37. The molecule has 0 fully saturated rings. The molecule has 2 amide bonds. The van der Waals surface area contributed by atoms with E-state index in [0.717, 1.165) is 5.56 Å². The first-order valence-electron chi connectivity index (χ1n) is 9.65. The van der Waals surface area contributed by atoms with Crippen LogP contribution in [0.2, 0.25) is 5.02 Å². The fourth-order valence-corrected chi connectivity index (χ4v) is 3.71. The maximum absolute atomic E-state index is 12.8. The summed E-state index contributed by atoms with van der Waals surface area (Å²) in [6.45, 7) is 2.15. The summed E-state index contributed by atoms with van der Waals surface area (Å²) >= 11 is 9.31. The molecule has 31 heavy (non-hydrogen) atoms. The Balaban J connectivity index is 1.63. The molecule has 3 rings (SSSR count). The number of nitrogens with one attached hydrogen (secondary N) is 1. The smallest absolute Gasteiger partial charge is 0.265 e. The van der Waals surface area contributed by atoms with Gasteiger partial charge in [0.15, 0.2) is 6.10 Å². The summed E-state index contributed by atoms with van der Waals surface area (Å²) in [5.41, 5.74) is 2.06. The van der Waals surface area contributed by atoms with Gasteiger partial charge in [-0.25, -0.2) is 0 Å². The number of amides is 2. The molecule has 0 aliphatic heterocycles. The average molecular weight is 502 g/mol. The van der Waals surface area contributed by atoms with Crippen LogP contribution in [0.15, 0.2) is 77.3 Å². The Labute approximate surface area is 195 Å². The van der Waals surface area contributed by atoms with E-state index in [0.29, 0.717) is 33.0 Å². The number of halogens is 2. The zero-order chi connectivity index (χ0) is 22.4. The number of hydrogen-bond donors (Lipinski definition) is 1. The van der Waals surface area contributed by atoms with Crippen molar-refractivity contribution < 1.29 is 14.3 Å². The average Bonchev–Trinajstić information content (AvgIpc) is 2.76. The Morgan fingerprint density at radius 3 is 2.52 bits per heavy atom. The molecule has 0 aliphatic rings. The van der Waals surface area contributed by atoms with E-state index in [1.165, 1.54) is 0 Å². The number of anilines is 1. The highest BCUT2D eigenvalue weighted by Crippen LogP contribution is 2.29. The minimum atomic E-state index is -0.752. The van der Waals surface area contributed by atoms with Crippen molar-refractivity contribution in [2.75, 3.05) is 12.4 Å². The third-order valence-electron chi connectivity index (χ3n) is 4.55. The van der Waals surface area contributed by atoms with Gasteiger partial charge in [-0.05, 0) is 64.8 Å². The van der Waals surface area contributed by atoms with Crippen molar-refractivity contribution in [1.29, 1.82) is 0 Å². The summed E-state index contributed by atoms with van der Waals surface area (Å²) in [7, 11) is 1.75. The minimum Gasteiger partial charge on any atom is -0.480 e. The van der Waals surface area contributed by atoms with Gasteiger partial charge in [0.2, 0.25) is 0 Å². The number of carbonyl (C=O) groups excluding carboxylic acids is 2. The van der Waals surface area contributed by atoms with Crippen LogP contribution in [-0.2, 0) is 11.3 Å². The number of benzene rings is 3. The van der Waals surface area contributed by atoms with Crippen molar-refractivity contribution in [2.45, 2.75) is 19.6 Å². The molecule has 0 heterocycles. The molecule has 0 saturated carbocycles. The van der Waals surface area contributed by atoms with Crippen molar-refractivity contribution in [3.05, 3.63) is 93.4 Å². The first-order chi connectivity index (χ1) is 14.8. The highest BCUT2D eigenvalue weighted by Gasteiger charge is 2.18. The lowest BCUT2D eigenvalue weighted by molar-refractivity contribution is -0.122. The topological polar surface area (TPSA) is 58.6 Å². The quantitative estimate of drug-likeness (QED) is 0.446. The molecule has 0 spiro atoms. The van der Waals surface area contributed by atoms with E-state index in [2.05, 4.69) is 21.2 Å². The molecule has 5 nitrogen and oxygen atoms in total. The molecule has 1 atom stereocenters. The van der Waals surface area contributed by atoms with E-state index in [4.69, 9.17) is 16.3 Å². The van der Waals surface area contributed by atoms with Crippen molar-refractivity contribution in [1.82, 2.24) is 4.90 Å². The molecule has 0 aromatic heterocycles. The molecular weight excluding hydrogens is 480 g/mol. The predicted octanol–water partition coefficient (Wildman–Crippen LogP) is 5.78. The van der Waals surface area contributed by atoms with E-state index in [9.17, 15) is 9.59 Å². The maximum atomic E-state index is 12.8. The largest absolute Gasteiger partial charge is 0.480 e. The standard InChI is InChI=1S/C24H22BrClN2O3/c1-16(31-22-12-11-19(26)14-21(22)25)23(29)27-20-10-6-9-18(13-20)24(30)28(2)15-17-7-4-3-5-8-17/h3-14,16H,15H2,1-2H3,(H,27,29). The van der Waals surface area contributed by atoms with Gasteiger partial charge in [-0.2, -0.15) is 0 Å². The van der Waals surface area contributed by atoms with Gasteiger partial charge in [0.05, 0.1) is 4.47 Å². The monoisotopic (exact) mass is 500 g/mol. The van der Waals surface area contributed by atoms with Crippen molar-refractivity contribution in [2.24, 2.45) is 0 Å². The van der Waals surface area contributed by atoms with Crippen molar-refractivity contribution in [3.63, 3.8) is 0 Å². The maximum Gasteiger partial charge on any atom is 0.265 e. The molecule has 160 valence electrons. The summed E-state index contributed by atoms with van der Waals surface area (Å²) < 4.78 is 6.38. The Morgan fingerprint density at radius 2 is 1.81 bits per heavy atom. The van der Waals surface area contributed by atoms with Crippen LogP contribution in [0.1, 0.15) is 22.8 Å². The van der Waals surface area contributed by atoms with Crippen LogP contribution in [0.25, 0.3) is 0 Å². The van der Waals surface area contributed by atoms with Crippen LogP contribution in [0.3, 0.4) is 0 Å². The lowest BCUT2D eigenvalue weighted by atomic mass is 10.1. The number of carbonyl (C=O) groups is 2. The minimum absolute atomic E-state index is 0.130. The normalized spacial score (nSPS) is 11.5. The van der Waals surface area contributed by atoms with Gasteiger partial charge in [-0.15, -0.1) is 0 Å². The highest BCUT2D eigenvalue weighted by atomic mass is 79.9. The molecule has 0 radical (unpaired) electrons. The van der Waals surface area contributed by atoms with Gasteiger partial charge in [0.25, 0.3) is 11.8 Å². The molecule has 1 unspecified atom stereocenters. The van der Waals surface area contributed by atoms with Gasteiger partial charge >= 0.3 is 0 Å². The Kier molecular flexibility index (Phi) is 7.71. The molecule has 0 bridgehead atoms. The van der Waals surface area contributed by atoms with Crippen LogP contribution in [0.5, 0.6) is 5.75 Å². The van der Waals surface area contributed by atoms with Gasteiger partial charge in [0, 0.05) is 29.9 Å². The summed E-state index contributed by atoms with van der Waals surface area (Å²) in [4.78, 5) is 27.0. The van der Waals surface area contributed by atoms with Crippen LogP contribution >= 0.6 is 27.5 Å². The van der Waals surface area contributed by atoms with Crippen LogP contribution in [0.4, 0.5) is 5.69 Å². The lowest BCUT2D eigenvalue weighted by Crippen LogP contribution is -2.30. The lowest BCUT2D eigenvalue weighted by Gasteiger charge is -2.18. The first-order valence-corrected chi connectivity index (χ1v) is 10.8.